The van der Waals surface area contributed by atoms with Gasteiger partial charge in [-0.05, 0) is 80.3 Å². The summed E-state index contributed by atoms with van der Waals surface area (Å²) in [5.74, 6) is -0.589. The number of carboxylic acid groups (broad SMARTS) is 1. The first-order valence-electron chi connectivity index (χ1n) is 11.8. The van der Waals surface area contributed by atoms with Crippen LogP contribution in [-0.4, -0.2) is 40.7 Å². The van der Waals surface area contributed by atoms with Crippen molar-refractivity contribution in [3.05, 3.63) is 59.2 Å². The molecule has 2 aliphatic rings. The number of rotatable bonds is 5. The lowest BCUT2D eigenvalue weighted by Crippen LogP contribution is -2.39. The number of hydrogen-bond acceptors (Lipinski definition) is 4. The van der Waals surface area contributed by atoms with E-state index in [4.69, 9.17) is 9.84 Å². The highest BCUT2D eigenvalue weighted by Gasteiger charge is 2.28. The number of aryl methyl sites for hydroxylation is 1. The molecule has 1 heterocycles. The molecule has 1 saturated carbocycles. The first-order valence-corrected chi connectivity index (χ1v) is 11.8. The third-order valence-electron chi connectivity index (χ3n) is 6.57. The van der Waals surface area contributed by atoms with Crippen LogP contribution in [0, 0.1) is 12.8 Å². The fraction of sp³-hybridized carbons (Fsp3) is 0.423. The summed E-state index contributed by atoms with van der Waals surface area (Å²) in [6.07, 6.45) is 3.41. The molecular weight excluding hydrogens is 434 g/mol. The van der Waals surface area contributed by atoms with Gasteiger partial charge in [-0.2, -0.15) is 0 Å². The summed E-state index contributed by atoms with van der Waals surface area (Å²) in [5, 5.41) is 14.6. The molecule has 3 N–H and O–H groups in total. The highest BCUT2D eigenvalue weighted by atomic mass is 16.6. The fourth-order valence-electron chi connectivity index (χ4n) is 4.63. The van der Waals surface area contributed by atoms with Gasteiger partial charge in [0.25, 0.3) is 0 Å². The maximum atomic E-state index is 12.7. The van der Waals surface area contributed by atoms with Crippen molar-refractivity contribution in [2.75, 3.05) is 17.2 Å². The van der Waals surface area contributed by atoms with E-state index < -0.39 is 5.97 Å². The molecule has 3 amide bonds. The number of urea groups is 1. The Labute approximate surface area is 199 Å². The van der Waals surface area contributed by atoms with E-state index in [2.05, 4.69) is 10.6 Å². The van der Waals surface area contributed by atoms with Crippen LogP contribution in [0.4, 0.5) is 21.0 Å². The Kier molecular flexibility index (Phi) is 7.35. The van der Waals surface area contributed by atoms with Crippen LogP contribution >= 0.6 is 0 Å². The van der Waals surface area contributed by atoms with Gasteiger partial charge in [0.2, 0.25) is 0 Å². The zero-order valence-corrected chi connectivity index (χ0v) is 19.4. The van der Waals surface area contributed by atoms with Crippen LogP contribution in [0.5, 0.6) is 0 Å². The number of carboxylic acids is 1. The molecular formula is C26H31N3O5. The Hall–Kier alpha value is -3.55. The summed E-state index contributed by atoms with van der Waals surface area (Å²) in [6.45, 7) is 3.02. The summed E-state index contributed by atoms with van der Waals surface area (Å²) in [5.41, 5.74) is 4.70. The van der Waals surface area contributed by atoms with Crippen LogP contribution in [0.2, 0.25) is 0 Å². The molecule has 4 rings (SSSR count). The Bertz CT molecular complexity index is 1040. The number of nitrogens with zero attached hydrogens (tertiary/aromatic N) is 1. The number of anilines is 2. The van der Waals surface area contributed by atoms with E-state index in [0.29, 0.717) is 38.0 Å². The van der Waals surface area contributed by atoms with Crippen molar-refractivity contribution in [3.63, 3.8) is 0 Å². The van der Waals surface area contributed by atoms with Crippen molar-refractivity contribution < 1.29 is 24.2 Å². The molecule has 1 fully saturated rings. The number of carbonyl (C=O) groups excluding carboxylic acids is 2. The summed E-state index contributed by atoms with van der Waals surface area (Å²) in [4.78, 5) is 37.6. The molecule has 0 radical (unpaired) electrons. The summed E-state index contributed by atoms with van der Waals surface area (Å²) >= 11 is 0. The van der Waals surface area contributed by atoms with Gasteiger partial charge >= 0.3 is 18.1 Å². The lowest BCUT2D eigenvalue weighted by Gasteiger charge is -2.32. The number of hydrogen-bond donors (Lipinski definition) is 3. The van der Waals surface area contributed by atoms with Crippen molar-refractivity contribution in [2.24, 2.45) is 5.92 Å². The molecule has 2 aromatic rings. The first-order chi connectivity index (χ1) is 16.4. The van der Waals surface area contributed by atoms with Crippen LogP contribution < -0.4 is 10.6 Å². The molecule has 0 bridgehead atoms. The maximum Gasteiger partial charge on any atom is 0.410 e. The third kappa shape index (κ3) is 6.27. The zero-order chi connectivity index (χ0) is 24.1. The second kappa shape index (κ2) is 10.6. The lowest BCUT2D eigenvalue weighted by atomic mass is 9.85. The van der Waals surface area contributed by atoms with Gasteiger partial charge in [0.1, 0.15) is 6.10 Å². The average molecular weight is 466 g/mol. The molecule has 34 heavy (non-hydrogen) atoms. The second-order valence-corrected chi connectivity index (χ2v) is 9.22. The van der Waals surface area contributed by atoms with E-state index in [0.717, 1.165) is 35.2 Å². The van der Waals surface area contributed by atoms with Gasteiger partial charge in [-0.3, -0.25) is 4.79 Å². The predicted octanol–water partition coefficient (Wildman–Crippen LogP) is 5.17. The monoisotopic (exact) mass is 465 g/mol. The minimum atomic E-state index is -0.766. The van der Waals surface area contributed by atoms with Crippen LogP contribution in [0.3, 0.4) is 0 Å². The van der Waals surface area contributed by atoms with Crippen molar-refractivity contribution >= 4 is 29.5 Å². The molecule has 180 valence electrons. The van der Waals surface area contributed by atoms with Gasteiger partial charge in [0.05, 0.1) is 0 Å². The number of amides is 3. The molecule has 0 aromatic heterocycles. The van der Waals surface area contributed by atoms with Crippen LogP contribution in [0.1, 0.15) is 48.8 Å². The van der Waals surface area contributed by atoms with E-state index in [9.17, 15) is 14.4 Å². The average Bonchev–Trinajstić information content (AvgIpc) is 2.81. The second-order valence-electron chi connectivity index (χ2n) is 9.22. The minimum Gasteiger partial charge on any atom is -0.481 e. The molecule has 1 aliphatic carbocycles. The van der Waals surface area contributed by atoms with Gasteiger partial charge in [0, 0.05) is 30.9 Å². The number of nitrogens with one attached hydrogen (secondary N) is 2. The number of benzene rings is 2. The highest BCUT2D eigenvalue weighted by Crippen LogP contribution is 2.30. The molecule has 8 heteroatoms. The van der Waals surface area contributed by atoms with Crippen LogP contribution in [0.15, 0.2) is 42.5 Å². The number of fused-ring (bicyclic) bond motifs is 1. The Morgan fingerprint density at radius 2 is 1.65 bits per heavy atom. The number of carbonyl (C=O) groups is 3. The quantitative estimate of drug-likeness (QED) is 0.565. The first kappa shape index (κ1) is 23.6. The Morgan fingerprint density at radius 3 is 2.35 bits per heavy atom. The Morgan fingerprint density at radius 1 is 0.971 bits per heavy atom. The number of aliphatic carboxylic acids is 1. The zero-order valence-electron chi connectivity index (χ0n) is 19.4. The van der Waals surface area contributed by atoms with E-state index in [-0.39, 0.29) is 30.6 Å². The molecule has 0 unspecified atom stereocenters. The standard InChI is InChI=1S/C26H31N3O5/c1-17-2-7-21(8-3-17)27-25(32)28-22-9-6-20-16-29(13-12-19(20)15-22)26(33)34-23-10-4-18(5-11-23)14-24(30)31/h2-3,6-9,15,18,23H,4-5,10-14,16H2,1H3,(H,30,31)(H2,27,28,32). The van der Waals surface area contributed by atoms with Crippen molar-refractivity contribution in [3.8, 4) is 0 Å². The highest BCUT2D eigenvalue weighted by molar-refractivity contribution is 5.99. The van der Waals surface area contributed by atoms with E-state index in [1.165, 1.54) is 0 Å². The molecule has 8 nitrogen and oxygen atoms in total. The molecule has 0 saturated heterocycles. The van der Waals surface area contributed by atoms with E-state index in [1.54, 1.807) is 4.90 Å². The summed E-state index contributed by atoms with van der Waals surface area (Å²) in [7, 11) is 0. The summed E-state index contributed by atoms with van der Waals surface area (Å²) < 4.78 is 5.71. The summed E-state index contributed by atoms with van der Waals surface area (Å²) in [6, 6.07) is 13.0. The topological polar surface area (TPSA) is 108 Å². The van der Waals surface area contributed by atoms with Gasteiger partial charge < -0.3 is 25.4 Å². The number of ether oxygens (including phenoxy) is 1. The SMILES string of the molecule is Cc1ccc(NC(=O)Nc2ccc3c(c2)CCN(C(=O)OC2CCC(CC(=O)O)CC2)C3)cc1. The predicted molar refractivity (Wildman–Crippen MR) is 129 cm³/mol. The molecule has 1 aliphatic heterocycles. The molecule has 2 aromatic carbocycles. The van der Waals surface area contributed by atoms with Gasteiger partial charge in [-0.1, -0.05) is 23.8 Å². The van der Waals surface area contributed by atoms with Gasteiger partial charge in [0.15, 0.2) is 0 Å². The fourth-order valence-corrected chi connectivity index (χ4v) is 4.63. The smallest absolute Gasteiger partial charge is 0.410 e. The third-order valence-corrected chi connectivity index (χ3v) is 6.57. The molecule has 0 spiro atoms. The van der Waals surface area contributed by atoms with Gasteiger partial charge in [-0.15, -0.1) is 0 Å². The van der Waals surface area contributed by atoms with Crippen LogP contribution in [-0.2, 0) is 22.5 Å². The van der Waals surface area contributed by atoms with Gasteiger partial charge in [-0.25, -0.2) is 9.59 Å². The van der Waals surface area contributed by atoms with Crippen molar-refractivity contribution in [1.82, 2.24) is 4.90 Å². The minimum absolute atomic E-state index is 0.141. The Balaban J connectivity index is 1.27. The maximum absolute atomic E-state index is 12.7. The van der Waals surface area contributed by atoms with Crippen molar-refractivity contribution in [2.45, 2.75) is 58.1 Å². The normalized spacial score (nSPS) is 19.6. The largest absolute Gasteiger partial charge is 0.481 e. The lowest BCUT2D eigenvalue weighted by molar-refractivity contribution is -0.138. The van der Waals surface area contributed by atoms with E-state index >= 15 is 0 Å². The van der Waals surface area contributed by atoms with E-state index in [1.807, 2.05) is 49.4 Å². The van der Waals surface area contributed by atoms with Crippen molar-refractivity contribution in [1.29, 1.82) is 0 Å². The molecule has 0 atom stereocenters. The van der Waals surface area contributed by atoms with Crippen LogP contribution in [0.25, 0.3) is 0 Å².